The average molecular weight is 321 g/mol. The molecule has 1 heterocycles. The molecule has 1 amide bonds. The first kappa shape index (κ1) is 14.6. The minimum absolute atomic E-state index is 0.0161. The third-order valence-corrected chi connectivity index (χ3v) is 3.85. The summed E-state index contributed by atoms with van der Waals surface area (Å²) in [6.45, 7) is 0.231. The van der Waals surface area contributed by atoms with Crippen LogP contribution in [-0.4, -0.2) is 22.0 Å². The fourth-order valence-corrected chi connectivity index (χ4v) is 2.57. The lowest BCUT2D eigenvalue weighted by atomic mass is 10.1. The van der Waals surface area contributed by atoms with Crippen molar-refractivity contribution in [1.29, 1.82) is 0 Å². The van der Waals surface area contributed by atoms with E-state index in [2.05, 4.69) is 10.3 Å². The molecule has 3 rings (SSSR count). The fourth-order valence-electron chi connectivity index (χ4n) is 2.33. The Kier molecular flexibility index (Phi) is 3.62. The van der Waals surface area contributed by atoms with Crippen LogP contribution >= 0.6 is 11.6 Å². The van der Waals surface area contributed by atoms with Crippen molar-refractivity contribution in [3.8, 4) is 0 Å². The van der Waals surface area contributed by atoms with Crippen molar-refractivity contribution in [3.63, 3.8) is 0 Å². The predicted octanol–water partition coefficient (Wildman–Crippen LogP) is 1.91. The number of amides is 1. The smallest absolute Gasteiger partial charge is 0.341 e. The van der Waals surface area contributed by atoms with Gasteiger partial charge in [0.15, 0.2) is 0 Å². The first-order valence-corrected chi connectivity index (χ1v) is 7.20. The summed E-state index contributed by atoms with van der Waals surface area (Å²) in [6, 6.07) is 4.51. The van der Waals surface area contributed by atoms with E-state index in [1.54, 1.807) is 12.1 Å². The molecule has 0 atom stereocenters. The van der Waals surface area contributed by atoms with E-state index in [0.717, 1.165) is 12.8 Å². The maximum Gasteiger partial charge on any atom is 0.341 e. The summed E-state index contributed by atoms with van der Waals surface area (Å²) in [5.41, 5.74) is 0.0980. The maximum absolute atomic E-state index is 11.8. The Balaban J connectivity index is 2.01. The van der Waals surface area contributed by atoms with Crippen LogP contribution in [0, 0.1) is 5.92 Å². The number of pyridine rings is 1. The number of benzene rings is 1. The summed E-state index contributed by atoms with van der Waals surface area (Å²) < 4.78 is 0. The second-order valence-corrected chi connectivity index (χ2v) is 5.77. The number of hydrogen-bond acceptors (Lipinski definition) is 3. The lowest BCUT2D eigenvalue weighted by Crippen LogP contribution is -2.25. The van der Waals surface area contributed by atoms with Crippen molar-refractivity contribution >= 4 is 34.4 Å². The van der Waals surface area contributed by atoms with E-state index < -0.39 is 11.5 Å². The highest BCUT2D eigenvalue weighted by Gasteiger charge is 2.29. The van der Waals surface area contributed by atoms with Crippen LogP contribution in [0.15, 0.2) is 23.0 Å². The van der Waals surface area contributed by atoms with Crippen molar-refractivity contribution in [2.24, 2.45) is 5.92 Å². The molecule has 0 unspecified atom stereocenters. The standard InChI is InChI=1S/C15H13ClN2O4/c16-10-3-8-5-11(15(21)22)14(20)18-12(8)9(4-10)6-17-13(19)7-1-2-7/h3-5,7H,1-2,6H2,(H,17,19)(H,18,20)(H,21,22). The average Bonchev–Trinajstić information content (AvgIpc) is 3.28. The Labute approximate surface area is 130 Å². The third-order valence-electron chi connectivity index (χ3n) is 3.63. The lowest BCUT2D eigenvalue weighted by molar-refractivity contribution is -0.122. The van der Waals surface area contributed by atoms with Gasteiger partial charge in [-0.3, -0.25) is 9.59 Å². The molecule has 1 aromatic carbocycles. The molecule has 0 bridgehead atoms. The number of rotatable bonds is 4. The van der Waals surface area contributed by atoms with Crippen molar-refractivity contribution in [1.82, 2.24) is 10.3 Å². The number of aromatic amines is 1. The minimum atomic E-state index is -1.30. The molecule has 1 saturated carbocycles. The van der Waals surface area contributed by atoms with Crippen LogP contribution in [0.2, 0.25) is 5.02 Å². The van der Waals surface area contributed by atoms with Crippen molar-refractivity contribution in [3.05, 3.63) is 44.7 Å². The number of carbonyl (C=O) groups excluding carboxylic acids is 1. The summed E-state index contributed by atoms with van der Waals surface area (Å²) in [4.78, 5) is 37.1. The number of halogens is 1. The van der Waals surface area contributed by atoms with Crippen molar-refractivity contribution in [2.75, 3.05) is 0 Å². The maximum atomic E-state index is 11.8. The number of carbonyl (C=O) groups is 2. The Morgan fingerprint density at radius 1 is 1.32 bits per heavy atom. The molecule has 0 spiro atoms. The van der Waals surface area contributed by atoms with E-state index in [-0.39, 0.29) is 23.9 Å². The molecule has 0 saturated heterocycles. The Morgan fingerprint density at radius 3 is 2.68 bits per heavy atom. The van der Waals surface area contributed by atoms with Crippen LogP contribution in [-0.2, 0) is 11.3 Å². The Hall–Kier alpha value is -2.34. The molecule has 1 aromatic heterocycles. The zero-order valence-corrected chi connectivity index (χ0v) is 12.2. The monoisotopic (exact) mass is 320 g/mol. The quantitative estimate of drug-likeness (QED) is 0.801. The predicted molar refractivity (Wildman–Crippen MR) is 81.1 cm³/mol. The SMILES string of the molecule is O=C(O)c1cc2cc(Cl)cc(CNC(=O)C3CC3)c2[nH]c1=O. The van der Waals surface area contributed by atoms with Crippen molar-refractivity contribution in [2.45, 2.75) is 19.4 Å². The van der Waals surface area contributed by atoms with Gasteiger partial charge in [-0.15, -0.1) is 0 Å². The molecule has 1 aliphatic carbocycles. The van der Waals surface area contributed by atoms with Crippen LogP contribution in [0.4, 0.5) is 0 Å². The van der Waals surface area contributed by atoms with E-state index in [1.807, 2.05) is 0 Å². The van der Waals surface area contributed by atoms with Gasteiger partial charge in [-0.1, -0.05) is 11.6 Å². The third kappa shape index (κ3) is 2.82. The van der Waals surface area contributed by atoms with Gasteiger partial charge in [0.2, 0.25) is 5.91 Å². The first-order chi connectivity index (χ1) is 10.5. The largest absolute Gasteiger partial charge is 0.477 e. The van der Waals surface area contributed by atoms with Crippen LogP contribution in [0.3, 0.4) is 0 Å². The van der Waals surface area contributed by atoms with Gasteiger partial charge in [0.25, 0.3) is 5.56 Å². The molecule has 0 radical (unpaired) electrons. The Bertz CT molecular complexity index is 839. The summed E-state index contributed by atoms with van der Waals surface area (Å²) in [5.74, 6) is -1.23. The first-order valence-electron chi connectivity index (χ1n) is 6.82. The van der Waals surface area contributed by atoms with E-state index in [0.29, 0.717) is 21.5 Å². The molecule has 1 aliphatic rings. The molecule has 3 N–H and O–H groups in total. The number of carboxylic acid groups (broad SMARTS) is 1. The van der Waals surface area contributed by atoms with Gasteiger partial charge in [0.1, 0.15) is 5.56 Å². The highest BCUT2D eigenvalue weighted by molar-refractivity contribution is 6.31. The molecule has 22 heavy (non-hydrogen) atoms. The number of aromatic nitrogens is 1. The van der Waals surface area contributed by atoms with Gasteiger partial charge in [-0.05, 0) is 36.6 Å². The topological polar surface area (TPSA) is 99.3 Å². The van der Waals surface area contributed by atoms with E-state index in [9.17, 15) is 14.4 Å². The van der Waals surface area contributed by atoms with Crippen LogP contribution < -0.4 is 10.9 Å². The summed E-state index contributed by atoms with van der Waals surface area (Å²) in [7, 11) is 0. The molecular weight excluding hydrogens is 308 g/mol. The number of fused-ring (bicyclic) bond motifs is 1. The number of aromatic carboxylic acids is 1. The molecule has 6 nitrogen and oxygen atoms in total. The second-order valence-electron chi connectivity index (χ2n) is 5.34. The van der Waals surface area contributed by atoms with E-state index in [4.69, 9.17) is 16.7 Å². The van der Waals surface area contributed by atoms with Gasteiger partial charge in [-0.25, -0.2) is 4.79 Å². The van der Waals surface area contributed by atoms with Crippen LogP contribution in [0.1, 0.15) is 28.8 Å². The Morgan fingerprint density at radius 2 is 2.05 bits per heavy atom. The van der Waals surface area contributed by atoms with Gasteiger partial charge >= 0.3 is 5.97 Å². The van der Waals surface area contributed by atoms with Gasteiger partial charge < -0.3 is 15.4 Å². The number of H-pyrrole nitrogens is 1. The van der Waals surface area contributed by atoms with Gasteiger partial charge in [0.05, 0.1) is 5.52 Å². The highest BCUT2D eigenvalue weighted by Crippen LogP contribution is 2.29. The normalized spacial score (nSPS) is 14.0. The van der Waals surface area contributed by atoms with Gasteiger partial charge in [0, 0.05) is 22.9 Å². The van der Waals surface area contributed by atoms with Crippen LogP contribution in [0.25, 0.3) is 10.9 Å². The number of hydrogen-bond donors (Lipinski definition) is 3. The molecule has 114 valence electrons. The molecule has 2 aromatic rings. The molecule has 0 aliphatic heterocycles. The highest BCUT2D eigenvalue weighted by atomic mass is 35.5. The summed E-state index contributed by atoms with van der Waals surface area (Å²) in [6.07, 6.45) is 1.81. The zero-order chi connectivity index (χ0) is 15.9. The molecule has 1 fully saturated rings. The van der Waals surface area contributed by atoms with E-state index in [1.165, 1.54) is 6.07 Å². The fraction of sp³-hybridized carbons (Fsp3) is 0.267. The van der Waals surface area contributed by atoms with Crippen LogP contribution in [0.5, 0.6) is 0 Å². The minimum Gasteiger partial charge on any atom is -0.477 e. The molecular formula is C15H13ClN2O4. The summed E-state index contributed by atoms with van der Waals surface area (Å²) >= 11 is 6.03. The second kappa shape index (κ2) is 5.46. The van der Waals surface area contributed by atoms with Gasteiger partial charge in [-0.2, -0.15) is 0 Å². The zero-order valence-electron chi connectivity index (χ0n) is 11.5. The number of nitrogens with one attached hydrogen (secondary N) is 2. The van der Waals surface area contributed by atoms with Crippen molar-refractivity contribution < 1.29 is 14.7 Å². The molecule has 7 heteroatoms. The number of carboxylic acids is 1. The summed E-state index contributed by atoms with van der Waals surface area (Å²) in [5, 5.41) is 12.7. The van der Waals surface area contributed by atoms with E-state index >= 15 is 0 Å². The lowest BCUT2D eigenvalue weighted by Gasteiger charge is -2.09.